The molecule has 0 heterocycles. The Morgan fingerprint density at radius 3 is 2.52 bits per heavy atom. The summed E-state index contributed by atoms with van der Waals surface area (Å²) in [7, 11) is 0. The molecule has 1 aromatic carbocycles. The van der Waals surface area contributed by atoms with Crippen LogP contribution in [0.3, 0.4) is 0 Å². The van der Waals surface area contributed by atoms with E-state index in [9.17, 15) is 0 Å². The number of hydrogen-bond donors (Lipinski definition) is 1. The van der Waals surface area contributed by atoms with Gasteiger partial charge < -0.3 is 5.73 Å². The maximum Gasteiger partial charge on any atom is -0.00430 e. The fourth-order valence-electron chi connectivity index (χ4n) is 3.98. The van der Waals surface area contributed by atoms with E-state index >= 15 is 0 Å². The smallest absolute Gasteiger partial charge is 0.00430 e. The molecular formula is C20H33N. The minimum atomic E-state index is 0.670. The minimum Gasteiger partial charge on any atom is -0.330 e. The molecular weight excluding hydrogens is 254 g/mol. The van der Waals surface area contributed by atoms with Gasteiger partial charge in [0, 0.05) is 0 Å². The van der Waals surface area contributed by atoms with Crippen LogP contribution in [0.4, 0.5) is 0 Å². The third-order valence-corrected chi connectivity index (χ3v) is 5.30. The van der Waals surface area contributed by atoms with E-state index in [0.29, 0.717) is 11.8 Å². The summed E-state index contributed by atoms with van der Waals surface area (Å²) in [5, 5.41) is 0. The highest BCUT2D eigenvalue weighted by atomic mass is 14.6. The van der Waals surface area contributed by atoms with Crippen molar-refractivity contribution < 1.29 is 0 Å². The molecule has 1 nitrogen and oxygen atoms in total. The molecule has 1 saturated carbocycles. The lowest BCUT2D eigenvalue weighted by Crippen LogP contribution is -2.30. The summed E-state index contributed by atoms with van der Waals surface area (Å²) in [5.41, 5.74) is 9.10. The third-order valence-electron chi connectivity index (χ3n) is 5.30. The van der Waals surface area contributed by atoms with Crippen LogP contribution in [0, 0.1) is 23.7 Å². The Labute approximate surface area is 131 Å². The van der Waals surface area contributed by atoms with Crippen LogP contribution in [0.2, 0.25) is 0 Å². The number of hydrogen-bond acceptors (Lipinski definition) is 1. The van der Waals surface area contributed by atoms with Crippen molar-refractivity contribution in [1.82, 2.24) is 0 Å². The molecule has 0 aromatic heterocycles. The molecule has 0 saturated heterocycles. The second kappa shape index (κ2) is 7.45. The molecule has 1 aliphatic carbocycles. The molecule has 21 heavy (non-hydrogen) atoms. The summed E-state index contributed by atoms with van der Waals surface area (Å²) in [6.45, 7) is 10.2. The maximum absolute atomic E-state index is 6.07. The summed E-state index contributed by atoms with van der Waals surface area (Å²) in [5.74, 6) is 3.73. The van der Waals surface area contributed by atoms with Crippen molar-refractivity contribution in [3.05, 3.63) is 35.4 Å². The Bertz CT molecular complexity index is 435. The molecule has 1 heteroatoms. The van der Waals surface area contributed by atoms with Crippen LogP contribution in [-0.2, 0) is 6.42 Å². The first-order valence-corrected chi connectivity index (χ1v) is 8.80. The van der Waals surface area contributed by atoms with E-state index in [4.69, 9.17) is 5.73 Å². The Balaban J connectivity index is 2.19. The van der Waals surface area contributed by atoms with Crippen molar-refractivity contribution in [2.24, 2.45) is 29.4 Å². The van der Waals surface area contributed by atoms with Gasteiger partial charge in [0.2, 0.25) is 0 Å². The van der Waals surface area contributed by atoms with Crippen LogP contribution < -0.4 is 5.73 Å². The first-order chi connectivity index (χ1) is 10.0. The summed E-state index contributed by atoms with van der Waals surface area (Å²) in [4.78, 5) is 0. The van der Waals surface area contributed by atoms with Crippen molar-refractivity contribution in [3.63, 3.8) is 0 Å². The minimum absolute atomic E-state index is 0.670. The molecule has 0 aliphatic heterocycles. The van der Waals surface area contributed by atoms with Crippen LogP contribution in [0.5, 0.6) is 0 Å². The van der Waals surface area contributed by atoms with Gasteiger partial charge in [-0.1, -0.05) is 52.0 Å². The second-order valence-corrected chi connectivity index (χ2v) is 7.76. The quantitative estimate of drug-likeness (QED) is 0.810. The van der Waals surface area contributed by atoms with Crippen molar-refractivity contribution in [2.45, 2.75) is 59.3 Å². The topological polar surface area (TPSA) is 26.0 Å². The highest BCUT2D eigenvalue weighted by Crippen LogP contribution is 2.42. The van der Waals surface area contributed by atoms with E-state index in [0.717, 1.165) is 24.3 Å². The van der Waals surface area contributed by atoms with E-state index in [-0.39, 0.29) is 0 Å². The fourth-order valence-corrected chi connectivity index (χ4v) is 3.98. The zero-order valence-electron chi connectivity index (χ0n) is 14.3. The Morgan fingerprint density at radius 1 is 1.14 bits per heavy atom. The lowest BCUT2D eigenvalue weighted by atomic mass is 9.68. The van der Waals surface area contributed by atoms with Crippen LogP contribution >= 0.6 is 0 Å². The molecule has 0 radical (unpaired) electrons. The van der Waals surface area contributed by atoms with Crippen LogP contribution in [0.15, 0.2) is 24.3 Å². The third kappa shape index (κ3) is 4.32. The van der Waals surface area contributed by atoms with Gasteiger partial charge in [0.05, 0.1) is 0 Å². The maximum atomic E-state index is 6.07. The Hall–Kier alpha value is -0.820. The molecule has 118 valence electrons. The van der Waals surface area contributed by atoms with Gasteiger partial charge in [0.15, 0.2) is 0 Å². The lowest BCUT2D eigenvalue weighted by Gasteiger charge is -2.38. The van der Waals surface area contributed by atoms with Crippen LogP contribution in [0.1, 0.15) is 64.0 Å². The second-order valence-electron chi connectivity index (χ2n) is 7.76. The largest absolute Gasteiger partial charge is 0.330 e. The van der Waals surface area contributed by atoms with E-state index in [1.807, 2.05) is 0 Å². The number of nitrogens with two attached hydrogens (primary N) is 1. The van der Waals surface area contributed by atoms with Gasteiger partial charge >= 0.3 is 0 Å². The molecule has 1 aliphatic rings. The molecule has 2 N–H and O–H groups in total. The van der Waals surface area contributed by atoms with Gasteiger partial charge in [-0.15, -0.1) is 0 Å². The van der Waals surface area contributed by atoms with Crippen molar-refractivity contribution >= 4 is 0 Å². The zero-order valence-corrected chi connectivity index (χ0v) is 14.3. The SMILES string of the molecule is CC(C)Cc1cccc(C2CC(C(C)C)CCC2CN)c1. The molecule has 0 amide bonds. The predicted octanol–water partition coefficient (Wildman–Crippen LogP) is 5.00. The van der Waals surface area contributed by atoms with Gasteiger partial charge in [-0.2, -0.15) is 0 Å². The summed E-state index contributed by atoms with van der Waals surface area (Å²) < 4.78 is 0. The molecule has 0 bridgehead atoms. The molecule has 1 fully saturated rings. The van der Waals surface area contributed by atoms with E-state index in [1.165, 1.54) is 36.8 Å². The predicted molar refractivity (Wildman–Crippen MR) is 92.4 cm³/mol. The average Bonchev–Trinajstić information content (AvgIpc) is 2.46. The molecule has 3 atom stereocenters. The highest BCUT2D eigenvalue weighted by Gasteiger charge is 2.32. The highest BCUT2D eigenvalue weighted by molar-refractivity contribution is 5.28. The van der Waals surface area contributed by atoms with Crippen molar-refractivity contribution in [1.29, 1.82) is 0 Å². The summed E-state index contributed by atoms with van der Waals surface area (Å²) in [6.07, 6.45) is 5.17. The summed E-state index contributed by atoms with van der Waals surface area (Å²) in [6, 6.07) is 9.32. The molecule has 3 unspecified atom stereocenters. The molecule has 1 aromatic rings. The number of benzene rings is 1. The van der Waals surface area contributed by atoms with E-state index < -0.39 is 0 Å². The number of rotatable bonds is 5. The zero-order chi connectivity index (χ0) is 15.4. The normalized spacial score (nSPS) is 26.5. The monoisotopic (exact) mass is 287 g/mol. The van der Waals surface area contributed by atoms with E-state index in [2.05, 4.69) is 52.0 Å². The Morgan fingerprint density at radius 2 is 1.90 bits per heavy atom. The van der Waals surface area contributed by atoms with Gasteiger partial charge in [0.1, 0.15) is 0 Å². The average molecular weight is 287 g/mol. The van der Waals surface area contributed by atoms with Gasteiger partial charge in [-0.3, -0.25) is 0 Å². The first kappa shape index (κ1) is 16.5. The molecule has 2 rings (SSSR count). The van der Waals surface area contributed by atoms with Gasteiger partial charge in [-0.05, 0) is 72.9 Å². The Kier molecular flexibility index (Phi) is 5.87. The summed E-state index contributed by atoms with van der Waals surface area (Å²) >= 11 is 0. The van der Waals surface area contributed by atoms with Crippen molar-refractivity contribution in [3.8, 4) is 0 Å². The standard InChI is InChI=1S/C20H33N/c1-14(2)10-16-6-5-7-18(11-16)20-12-17(15(3)4)8-9-19(20)13-21/h5-7,11,14-15,17,19-20H,8-10,12-13,21H2,1-4H3. The van der Waals surface area contributed by atoms with Gasteiger partial charge in [0.25, 0.3) is 0 Å². The first-order valence-electron chi connectivity index (χ1n) is 8.80. The van der Waals surface area contributed by atoms with Crippen LogP contribution in [0.25, 0.3) is 0 Å². The van der Waals surface area contributed by atoms with Crippen molar-refractivity contribution in [2.75, 3.05) is 6.54 Å². The van der Waals surface area contributed by atoms with Gasteiger partial charge in [-0.25, -0.2) is 0 Å². The fraction of sp³-hybridized carbons (Fsp3) is 0.700. The lowest BCUT2D eigenvalue weighted by molar-refractivity contribution is 0.197. The van der Waals surface area contributed by atoms with Crippen LogP contribution in [-0.4, -0.2) is 6.54 Å². The molecule has 0 spiro atoms. The van der Waals surface area contributed by atoms with E-state index in [1.54, 1.807) is 0 Å².